The summed E-state index contributed by atoms with van der Waals surface area (Å²) in [5.74, 6) is -1.60. The lowest BCUT2D eigenvalue weighted by Crippen LogP contribution is -2.52. The predicted molar refractivity (Wildman–Crippen MR) is 222 cm³/mol. The zero-order chi connectivity index (χ0) is 42.3. The Labute approximate surface area is 350 Å². The van der Waals surface area contributed by atoms with Crippen molar-refractivity contribution < 1.29 is 41.8 Å². The molecule has 1 aromatic carbocycles. The molecule has 2 saturated carbocycles. The number of ether oxygens (including phenoxy) is 3. The van der Waals surface area contributed by atoms with Crippen LogP contribution in [0.5, 0.6) is 17.4 Å². The number of halogens is 1. The monoisotopic (exact) mass is 851 g/mol. The molecule has 59 heavy (non-hydrogen) atoms. The first-order chi connectivity index (χ1) is 28.0. The lowest BCUT2D eigenvalue weighted by molar-refractivity contribution is -0.140. The molecule has 0 radical (unpaired) electrons. The van der Waals surface area contributed by atoms with E-state index < -0.39 is 61.5 Å². The molecular formula is C43H54ClN5O9S. The zero-order valence-electron chi connectivity index (χ0n) is 34.4. The number of carbonyl (C=O) groups is 4. The minimum atomic E-state index is -3.73. The van der Waals surface area contributed by atoms with Gasteiger partial charge in [-0.05, 0) is 90.3 Å². The molecule has 4 heterocycles. The van der Waals surface area contributed by atoms with Gasteiger partial charge in [0.05, 0.1) is 30.0 Å². The number of ketones is 2. The summed E-state index contributed by atoms with van der Waals surface area (Å²) < 4.78 is 45.7. The normalized spacial score (nSPS) is 26.3. The van der Waals surface area contributed by atoms with Gasteiger partial charge >= 0.3 is 0 Å². The van der Waals surface area contributed by atoms with Crippen LogP contribution in [-0.2, 0) is 31.3 Å². The van der Waals surface area contributed by atoms with Crippen LogP contribution in [0, 0.1) is 11.3 Å². The molecule has 2 amide bonds. The fourth-order valence-electron chi connectivity index (χ4n) is 8.35. The topological polar surface area (TPSA) is 176 Å². The Morgan fingerprint density at radius 2 is 1.88 bits per heavy atom. The number of Topliss-reactive ketones (excluding diaryl/α,β-unsaturated/α-hetero) is 2. The summed E-state index contributed by atoms with van der Waals surface area (Å²) in [5, 5.41) is 7.96. The SMILES string of the molecule is CCOc1ccc2c(O[C@@H]3C[C@H]4C(=O)C[C@]5(C(=O)CS(=O)(=O)C6(C)CC6)C[C@H]5/C=C\CCCCC[C@H](NC(=O)c5ccn(C)n5)C(=O)N4C3)cc(OC(C)C)nc2c1Cl. The Kier molecular flexibility index (Phi) is 12.2. The van der Waals surface area contributed by atoms with Crippen molar-refractivity contribution in [3.05, 3.63) is 53.3 Å². The Morgan fingerprint density at radius 3 is 2.58 bits per heavy atom. The van der Waals surface area contributed by atoms with Crippen molar-refractivity contribution in [1.29, 1.82) is 0 Å². The second-order valence-electron chi connectivity index (χ2n) is 17.0. The molecule has 1 N–H and O–H groups in total. The minimum absolute atomic E-state index is 0.00282. The number of carbonyl (C=O) groups excluding carboxylic acids is 4. The number of hydrogen-bond donors (Lipinski definition) is 1. The van der Waals surface area contributed by atoms with Crippen molar-refractivity contribution >= 4 is 55.7 Å². The second kappa shape index (κ2) is 16.9. The van der Waals surface area contributed by atoms with Gasteiger partial charge in [0.25, 0.3) is 5.91 Å². The second-order valence-corrected chi connectivity index (χ2v) is 19.9. The lowest BCUT2D eigenvalue weighted by atomic mass is 9.88. The highest BCUT2D eigenvalue weighted by molar-refractivity contribution is 7.93. The van der Waals surface area contributed by atoms with Gasteiger partial charge in [0.1, 0.15) is 45.6 Å². The first-order valence-corrected chi connectivity index (χ1v) is 22.7. The van der Waals surface area contributed by atoms with Crippen molar-refractivity contribution in [2.75, 3.05) is 18.9 Å². The maximum Gasteiger partial charge on any atom is 0.272 e. The molecule has 0 unspecified atom stereocenters. The van der Waals surface area contributed by atoms with Crippen LogP contribution in [0.4, 0.5) is 0 Å². The molecule has 0 bridgehead atoms. The molecule has 2 aliphatic carbocycles. The molecule has 5 atom stereocenters. The van der Waals surface area contributed by atoms with Crippen LogP contribution in [0.1, 0.15) is 102 Å². The Morgan fingerprint density at radius 1 is 1.10 bits per heavy atom. The summed E-state index contributed by atoms with van der Waals surface area (Å²) in [6.07, 6.45) is 9.19. The molecule has 7 rings (SSSR count). The number of rotatable bonds is 12. The highest BCUT2D eigenvalue weighted by Gasteiger charge is 2.62. The maximum atomic E-state index is 14.8. The van der Waals surface area contributed by atoms with E-state index in [0.29, 0.717) is 61.1 Å². The summed E-state index contributed by atoms with van der Waals surface area (Å²) in [5.41, 5.74) is -0.639. The number of nitrogens with one attached hydrogen (secondary N) is 1. The van der Waals surface area contributed by atoms with E-state index in [0.717, 1.165) is 19.3 Å². The van der Waals surface area contributed by atoms with Crippen LogP contribution in [-0.4, -0.2) is 99.4 Å². The van der Waals surface area contributed by atoms with E-state index in [2.05, 4.69) is 15.4 Å². The van der Waals surface area contributed by atoms with Crippen LogP contribution in [0.25, 0.3) is 10.9 Å². The van der Waals surface area contributed by atoms with Gasteiger partial charge in [-0.25, -0.2) is 13.4 Å². The van der Waals surface area contributed by atoms with E-state index in [-0.39, 0.29) is 53.8 Å². The highest BCUT2D eigenvalue weighted by atomic mass is 35.5. The number of hydrogen-bond acceptors (Lipinski definition) is 11. The van der Waals surface area contributed by atoms with Gasteiger partial charge in [-0.3, -0.25) is 23.9 Å². The standard InChI is InChI=1S/C43H54ClN5O9S/c1-6-56-34-15-14-29-35(21-37(57-26(2)3)46-39(29)38(34)44)58-28-20-32-33(50)23-43(36(51)25-59(54,55)42(4)17-18-42)22-27(43)12-10-8-7-9-11-13-31(41(53)49(32)24-28)45-40(52)30-16-19-48(5)47-30/h10,12,14-16,19,21,26-28,31-32H,6-9,11,13,17-18,20,22-25H2,1-5H3,(H,45,52)/b12-10-/t27-,28-,31+,32+,43-/m1/s1. The van der Waals surface area contributed by atoms with Crippen molar-refractivity contribution in [3.8, 4) is 17.4 Å². The number of allylic oxidation sites excluding steroid dienone is 2. The van der Waals surface area contributed by atoms with E-state index in [1.807, 2.05) is 32.9 Å². The third-order valence-corrected chi connectivity index (χ3v) is 15.1. The number of aromatic nitrogens is 3. The summed E-state index contributed by atoms with van der Waals surface area (Å²) in [7, 11) is -2.03. The Hall–Kier alpha value is -4.50. The molecule has 3 aromatic rings. The highest BCUT2D eigenvalue weighted by Crippen LogP contribution is 2.58. The number of fused-ring (bicyclic) bond motifs is 3. The van der Waals surface area contributed by atoms with Gasteiger partial charge in [0, 0.05) is 43.0 Å². The van der Waals surface area contributed by atoms with E-state index >= 15 is 0 Å². The average molecular weight is 852 g/mol. The summed E-state index contributed by atoms with van der Waals surface area (Å²) in [6.45, 7) is 7.64. The molecule has 0 spiro atoms. The zero-order valence-corrected chi connectivity index (χ0v) is 35.9. The van der Waals surface area contributed by atoms with Gasteiger partial charge in [0.2, 0.25) is 11.8 Å². The summed E-state index contributed by atoms with van der Waals surface area (Å²) >= 11 is 6.80. The van der Waals surface area contributed by atoms with E-state index in [4.69, 9.17) is 25.8 Å². The summed E-state index contributed by atoms with van der Waals surface area (Å²) in [6, 6.07) is 4.74. The first-order valence-electron chi connectivity index (χ1n) is 20.7. The number of sulfone groups is 1. The number of aryl methyl sites for hydroxylation is 1. The number of amides is 2. The van der Waals surface area contributed by atoms with Crippen LogP contribution in [0.2, 0.25) is 5.02 Å². The van der Waals surface area contributed by atoms with Crippen LogP contribution >= 0.6 is 11.6 Å². The van der Waals surface area contributed by atoms with Crippen LogP contribution in [0.15, 0.2) is 42.6 Å². The molecule has 4 aliphatic rings. The number of nitrogens with zero attached hydrogens (tertiary/aromatic N) is 4. The minimum Gasteiger partial charge on any atom is -0.492 e. The molecule has 1 saturated heterocycles. The van der Waals surface area contributed by atoms with Crippen molar-refractivity contribution in [2.24, 2.45) is 18.4 Å². The first kappa shape index (κ1) is 42.6. The van der Waals surface area contributed by atoms with E-state index in [1.54, 1.807) is 44.4 Å². The molecule has 2 aromatic heterocycles. The van der Waals surface area contributed by atoms with Crippen molar-refractivity contribution in [3.63, 3.8) is 0 Å². The molecular weight excluding hydrogens is 798 g/mol. The fourth-order valence-corrected chi connectivity index (χ4v) is 10.3. The predicted octanol–water partition coefficient (Wildman–Crippen LogP) is 5.98. The van der Waals surface area contributed by atoms with Gasteiger partial charge in [-0.2, -0.15) is 5.10 Å². The van der Waals surface area contributed by atoms with Gasteiger partial charge < -0.3 is 24.4 Å². The van der Waals surface area contributed by atoms with Crippen LogP contribution < -0.4 is 19.5 Å². The van der Waals surface area contributed by atoms with Gasteiger partial charge in [0.15, 0.2) is 21.4 Å². The quantitative estimate of drug-likeness (QED) is 0.212. The fraction of sp³-hybridized carbons (Fsp3) is 0.581. The number of benzene rings is 1. The summed E-state index contributed by atoms with van der Waals surface area (Å²) in [4.78, 5) is 63.2. The molecule has 2 aliphatic heterocycles. The van der Waals surface area contributed by atoms with Crippen molar-refractivity contribution in [1.82, 2.24) is 25.0 Å². The smallest absolute Gasteiger partial charge is 0.272 e. The molecule has 14 nitrogen and oxygen atoms in total. The van der Waals surface area contributed by atoms with Gasteiger partial charge in [-0.15, -0.1) is 0 Å². The molecule has 318 valence electrons. The maximum absolute atomic E-state index is 14.8. The third-order valence-electron chi connectivity index (χ3n) is 12.2. The lowest BCUT2D eigenvalue weighted by Gasteiger charge is -2.29. The average Bonchev–Trinajstić information content (AvgIpc) is 3.98. The van der Waals surface area contributed by atoms with E-state index in [1.165, 1.54) is 9.58 Å². The largest absolute Gasteiger partial charge is 0.492 e. The Bertz CT molecular complexity index is 2270. The molecule has 16 heteroatoms. The Balaban J connectivity index is 1.23. The van der Waals surface area contributed by atoms with Gasteiger partial charge in [-0.1, -0.05) is 36.6 Å². The van der Waals surface area contributed by atoms with Crippen molar-refractivity contribution in [2.45, 2.75) is 121 Å². The van der Waals surface area contributed by atoms with Crippen LogP contribution in [0.3, 0.4) is 0 Å². The molecule has 3 fully saturated rings. The number of pyridine rings is 1. The van der Waals surface area contributed by atoms with E-state index in [9.17, 15) is 27.6 Å². The third kappa shape index (κ3) is 9.01.